The Morgan fingerprint density at radius 1 is 0.672 bits per heavy atom. The molecule has 8 aliphatic rings. The third-order valence-electron chi connectivity index (χ3n) is 18.9. The summed E-state index contributed by atoms with van der Waals surface area (Å²) in [4.78, 5) is 14.6. The predicted molar refractivity (Wildman–Crippen MR) is 224 cm³/mol. The average Bonchev–Trinajstić information content (AvgIpc) is 3.24. The molecular formula is C47H76O17. The van der Waals surface area contributed by atoms with E-state index in [1.165, 1.54) is 5.57 Å². The van der Waals surface area contributed by atoms with Crippen LogP contribution >= 0.6 is 0 Å². The van der Waals surface area contributed by atoms with Crippen molar-refractivity contribution in [3.63, 3.8) is 0 Å². The van der Waals surface area contributed by atoms with Crippen LogP contribution in [0.4, 0.5) is 0 Å². The third kappa shape index (κ3) is 7.58. The van der Waals surface area contributed by atoms with Gasteiger partial charge in [-0.15, -0.1) is 0 Å². The topological polar surface area (TPSA) is 275 Å². The van der Waals surface area contributed by atoms with Crippen molar-refractivity contribution in [1.82, 2.24) is 0 Å². The van der Waals surface area contributed by atoms with Gasteiger partial charge in [-0.1, -0.05) is 60.1 Å². The van der Waals surface area contributed by atoms with Gasteiger partial charge in [-0.05, 0) is 109 Å². The van der Waals surface area contributed by atoms with E-state index in [4.69, 9.17) is 28.4 Å². The quantitative estimate of drug-likeness (QED) is 0.0916. The van der Waals surface area contributed by atoms with Gasteiger partial charge in [0.1, 0.15) is 67.1 Å². The van der Waals surface area contributed by atoms with Crippen molar-refractivity contribution in [1.29, 1.82) is 0 Å². The molecule has 22 atom stereocenters. The summed E-state index contributed by atoms with van der Waals surface area (Å²) in [6.07, 6.45) is -10.9. The fourth-order valence-electron chi connectivity index (χ4n) is 14.8. The van der Waals surface area contributed by atoms with Crippen molar-refractivity contribution in [2.45, 2.75) is 205 Å². The van der Waals surface area contributed by atoms with Crippen molar-refractivity contribution in [3.8, 4) is 0 Å². The second-order valence-corrected chi connectivity index (χ2v) is 23.0. The molecule has 7 fully saturated rings. The van der Waals surface area contributed by atoms with E-state index in [-0.39, 0.29) is 51.6 Å². The van der Waals surface area contributed by atoms with Gasteiger partial charge in [0.05, 0.1) is 31.3 Å². The largest absolute Gasteiger partial charge is 0.432 e. The van der Waals surface area contributed by atoms with Crippen LogP contribution in [0.15, 0.2) is 11.6 Å². The van der Waals surface area contributed by atoms with Crippen molar-refractivity contribution in [2.24, 2.45) is 50.2 Å². The first-order valence-corrected chi connectivity index (χ1v) is 23.7. The number of carbonyl (C=O) groups is 1. The Bertz CT molecular complexity index is 1740. The first-order chi connectivity index (χ1) is 29.9. The van der Waals surface area contributed by atoms with Crippen LogP contribution in [0.3, 0.4) is 0 Å². The molecule has 17 nitrogen and oxygen atoms in total. The van der Waals surface area contributed by atoms with Crippen LogP contribution in [0.1, 0.15) is 113 Å². The normalized spacial score (nSPS) is 53.4. The van der Waals surface area contributed by atoms with Crippen LogP contribution in [0, 0.1) is 50.2 Å². The number of allylic oxidation sites excluding steroid dienone is 2. The monoisotopic (exact) mass is 913 g/mol. The number of hydrogen-bond donors (Lipinski definition) is 10. The van der Waals surface area contributed by atoms with Crippen molar-refractivity contribution >= 4 is 5.97 Å². The summed E-state index contributed by atoms with van der Waals surface area (Å²) in [5.74, 6) is -0.0598. The van der Waals surface area contributed by atoms with Crippen molar-refractivity contribution < 1.29 is 84.3 Å². The SMILES string of the molecule is CC1(C)CC[C@]2(C(=O)O[C@H]3O[C@@H](CO)[C@H](O)[C@@H](O)[C@@H]3O)CC[C@]3(C)C(=CC[C@@H]4[C@@]5(C)CC[C@H](O[C@@H]6OC[C@H](O)[C@H](O[C@@H]7O[C@H](CO)[C@@H](O)[C@H](O)[C@H]7O)[C@H]6O)C(C)(C)[C@@H]5CC[C@]43C)[C@@H]2C1. The molecule has 8 rings (SSSR count). The highest BCUT2D eigenvalue weighted by Gasteiger charge is 2.70. The maximum Gasteiger partial charge on any atom is 0.315 e. The summed E-state index contributed by atoms with van der Waals surface area (Å²) in [5, 5.41) is 105. The first kappa shape index (κ1) is 49.0. The Balaban J connectivity index is 1.01. The lowest BCUT2D eigenvalue weighted by Crippen LogP contribution is -2.66. The standard InChI is InChI=1S/C47H76O17/c1-42(2)14-16-47(41(58)64-40-35(56)33(54)31(52)26(20-49)61-40)17-15-45(6)22(23(47)18-42)8-9-28-44(5)12-11-29(43(3,4)27(44)10-13-46(28,45)7)62-38-36(57)37(24(50)21-59-38)63-39-34(55)32(53)30(51)25(19-48)60-39/h8,23-40,48-57H,9-21H2,1-7H3/t23-,24-,25+,26-,27-,28+,29-,30+,31-,32-,33+,34+,35-,36+,37-,38-,39-,40+,44-,45+,46+,47-/m0/s1. The van der Waals surface area contributed by atoms with E-state index >= 15 is 0 Å². The van der Waals surface area contributed by atoms with Gasteiger partial charge in [0, 0.05) is 0 Å². The summed E-state index contributed by atoms with van der Waals surface area (Å²) in [6, 6.07) is 0. The van der Waals surface area contributed by atoms with E-state index in [2.05, 4.69) is 54.5 Å². The smallest absolute Gasteiger partial charge is 0.315 e. The predicted octanol–water partition coefficient (Wildman–Crippen LogP) is 0.780. The molecule has 10 N–H and O–H groups in total. The molecule has 0 amide bonds. The molecule has 0 aromatic carbocycles. The zero-order chi connectivity index (χ0) is 46.7. The van der Waals surface area contributed by atoms with E-state index in [0.717, 1.165) is 44.9 Å². The molecule has 3 heterocycles. The number of hydrogen-bond acceptors (Lipinski definition) is 17. The van der Waals surface area contributed by atoms with Crippen molar-refractivity contribution in [3.05, 3.63) is 11.6 Å². The molecule has 366 valence electrons. The molecule has 0 aromatic heterocycles. The lowest BCUT2D eigenvalue weighted by Gasteiger charge is -2.71. The lowest BCUT2D eigenvalue weighted by atomic mass is 9.33. The maximum absolute atomic E-state index is 14.6. The van der Waals surface area contributed by atoms with Gasteiger partial charge in [0.2, 0.25) is 6.29 Å². The lowest BCUT2D eigenvalue weighted by molar-refractivity contribution is -0.357. The average molecular weight is 913 g/mol. The van der Waals surface area contributed by atoms with E-state index in [0.29, 0.717) is 25.2 Å². The first-order valence-electron chi connectivity index (χ1n) is 23.7. The summed E-state index contributed by atoms with van der Waals surface area (Å²) in [5.41, 5.74) is -0.434. The Morgan fingerprint density at radius 3 is 1.92 bits per heavy atom. The maximum atomic E-state index is 14.6. The molecular weight excluding hydrogens is 836 g/mol. The fourth-order valence-corrected chi connectivity index (χ4v) is 14.8. The number of fused-ring (bicyclic) bond motifs is 7. The Hall–Kier alpha value is -1.39. The van der Waals surface area contributed by atoms with Crippen LogP contribution in [0.2, 0.25) is 0 Å². The molecule has 4 saturated carbocycles. The zero-order valence-electron chi connectivity index (χ0n) is 38.5. The summed E-state index contributed by atoms with van der Waals surface area (Å²) < 4.78 is 35.6. The van der Waals surface area contributed by atoms with Gasteiger partial charge < -0.3 is 79.5 Å². The van der Waals surface area contributed by atoms with Gasteiger partial charge in [0.15, 0.2) is 12.6 Å². The molecule has 0 unspecified atom stereocenters. The highest BCUT2D eigenvalue weighted by Crippen LogP contribution is 2.76. The second-order valence-electron chi connectivity index (χ2n) is 23.0. The minimum Gasteiger partial charge on any atom is -0.432 e. The summed E-state index contributed by atoms with van der Waals surface area (Å²) in [7, 11) is 0. The number of rotatable bonds is 8. The highest BCUT2D eigenvalue weighted by atomic mass is 16.7. The molecule has 3 aliphatic heterocycles. The summed E-state index contributed by atoms with van der Waals surface area (Å²) in [6.45, 7) is 14.7. The van der Waals surface area contributed by atoms with Crippen LogP contribution in [-0.4, -0.2) is 169 Å². The number of aliphatic hydroxyl groups excluding tert-OH is 10. The van der Waals surface area contributed by atoms with Crippen LogP contribution in [0.5, 0.6) is 0 Å². The van der Waals surface area contributed by atoms with Gasteiger partial charge in [0.25, 0.3) is 0 Å². The second kappa shape index (κ2) is 17.2. The summed E-state index contributed by atoms with van der Waals surface area (Å²) >= 11 is 0. The van der Waals surface area contributed by atoms with Crippen LogP contribution < -0.4 is 0 Å². The fraction of sp³-hybridized carbons (Fsp3) is 0.936. The molecule has 0 bridgehead atoms. The van der Waals surface area contributed by atoms with E-state index in [1.807, 2.05) is 0 Å². The Morgan fingerprint density at radius 2 is 1.28 bits per heavy atom. The van der Waals surface area contributed by atoms with Crippen molar-refractivity contribution in [2.75, 3.05) is 19.8 Å². The molecule has 17 heteroatoms. The van der Waals surface area contributed by atoms with E-state index in [9.17, 15) is 55.9 Å². The van der Waals surface area contributed by atoms with E-state index < -0.39 is 111 Å². The number of esters is 1. The Kier molecular flexibility index (Phi) is 13.2. The molecule has 5 aliphatic carbocycles. The minimum atomic E-state index is -1.72. The number of carbonyl (C=O) groups excluding carboxylic acids is 1. The molecule has 0 aromatic rings. The molecule has 64 heavy (non-hydrogen) atoms. The van der Waals surface area contributed by atoms with Gasteiger partial charge in [-0.2, -0.15) is 0 Å². The van der Waals surface area contributed by atoms with Gasteiger partial charge in [-0.25, -0.2) is 0 Å². The minimum absolute atomic E-state index is 0.0414. The van der Waals surface area contributed by atoms with Gasteiger partial charge >= 0.3 is 5.97 Å². The molecule has 0 radical (unpaired) electrons. The Labute approximate surface area is 376 Å². The molecule has 3 saturated heterocycles. The zero-order valence-corrected chi connectivity index (χ0v) is 38.5. The number of ether oxygens (including phenoxy) is 6. The molecule has 0 spiro atoms. The van der Waals surface area contributed by atoms with Crippen LogP contribution in [0.25, 0.3) is 0 Å². The van der Waals surface area contributed by atoms with Gasteiger partial charge in [-0.3, -0.25) is 4.79 Å². The van der Waals surface area contributed by atoms with Crippen LogP contribution in [-0.2, 0) is 33.2 Å². The third-order valence-corrected chi connectivity index (χ3v) is 18.9. The number of aliphatic hydroxyl groups is 10. The highest BCUT2D eigenvalue weighted by molar-refractivity contribution is 5.79. The van der Waals surface area contributed by atoms with E-state index in [1.54, 1.807) is 0 Å².